The molecule has 110 valence electrons. The largest absolute Gasteiger partial charge is 0.493 e. The minimum absolute atomic E-state index is 0.110. The van der Waals surface area contributed by atoms with Gasteiger partial charge in [-0.1, -0.05) is 41.4 Å². The molecule has 0 amide bonds. The van der Waals surface area contributed by atoms with E-state index in [4.69, 9.17) is 33.8 Å². The van der Waals surface area contributed by atoms with Gasteiger partial charge in [0.1, 0.15) is 5.75 Å². The predicted molar refractivity (Wildman–Crippen MR) is 85.8 cm³/mol. The van der Waals surface area contributed by atoms with Crippen LogP contribution in [0.3, 0.4) is 0 Å². The monoisotopic (exact) mass is 322 g/mol. The maximum absolute atomic E-state index is 6.33. The zero-order valence-corrected chi connectivity index (χ0v) is 12.9. The van der Waals surface area contributed by atoms with Gasteiger partial charge in [0.15, 0.2) is 0 Å². The highest BCUT2D eigenvalue weighted by Gasteiger charge is 2.30. The van der Waals surface area contributed by atoms with Crippen molar-refractivity contribution >= 4 is 23.2 Å². The summed E-state index contributed by atoms with van der Waals surface area (Å²) in [7, 11) is 0. The van der Waals surface area contributed by atoms with Crippen LogP contribution in [0.15, 0.2) is 42.5 Å². The van der Waals surface area contributed by atoms with Crippen LogP contribution in [0, 0.1) is 0 Å². The minimum Gasteiger partial charge on any atom is -0.493 e. The van der Waals surface area contributed by atoms with Crippen molar-refractivity contribution in [3.05, 3.63) is 63.6 Å². The van der Waals surface area contributed by atoms with E-state index in [0.29, 0.717) is 16.7 Å². The second-order valence-corrected chi connectivity index (χ2v) is 5.94. The molecule has 2 aromatic rings. The molecule has 2 aromatic carbocycles. The fourth-order valence-electron chi connectivity index (χ4n) is 2.89. The SMILES string of the molecule is NNC(c1cc(Cl)ccc1Cl)C1CCOc2ccccc21. The van der Waals surface area contributed by atoms with Crippen LogP contribution >= 0.6 is 23.2 Å². The maximum atomic E-state index is 6.33. The predicted octanol–water partition coefficient (Wildman–Crippen LogP) is 4.06. The third-order valence-electron chi connectivity index (χ3n) is 3.88. The fourth-order valence-corrected chi connectivity index (χ4v) is 3.31. The summed E-state index contributed by atoms with van der Waals surface area (Å²) in [5.41, 5.74) is 4.95. The van der Waals surface area contributed by atoms with Gasteiger partial charge in [-0.3, -0.25) is 11.3 Å². The summed E-state index contributed by atoms with van der Waals surface area (Å²) < 4.78 is 5.71. The third-order valence-corrected chi connectivity index (χ3v) is 4.46. The normalized spacial score (nSPS) is 18.7. The number of halogens is 2. The van der Waals surface area contributed by atoms with Crippen molar-refractivity contribution in [3.63, 3.8) is 0 Å². The van der Waals surface area contributed by atoms with Crippen molar-refractivity contribution in [1.29, 1.82) is 0 Å². The van der Waals surface area contributed by atoms with E-state index in [-0.39, 0.29) is 12.0 Å². The summed E-state index contributed by atoms with van der Waals surface area (Å²) in [5.74, 6) is 6.92. The van der Waals surface area contributed by atoms with Gasteiger partial charge in [0, 0.05) is 16.0 Å². The van der Waals surface area contributed by atoms with Gasteiger partial charge in [0.2, 0.25) is 0 Å². The Morgan fingerprint density at radius 2 is 2.00 bits per heavy atom. The van der Waals surface area contributed by atoms with E-state index in [9.17, 15) is 0 Å². The molecular weight excluding hydrogens is 307 g/mol. The Morgan fingerprint density at radius 1 is 1.19 bits per heavy atom. The topological polar surface area (TPSA) is 47.3 Å². The lowest BCUT2D eigenvalue weighted by atomic mass is 9.83. The van der Waals surface area contributed by atoms with E-state index < -0.39 is 0 Å². The van der Waals surface area contributed by atoms with E-state index in [1.54, 1.807) is 12.1 Å². The summed E-state index contributed by atoms with van der Waals surface area (Å²) >= 11 is 12.4. The number of ether oxygens (including phenoxy) is 1. The molecule has 2 atom stereocenters. The van der Waals surface area contributed by atoms with E-state index in [1.165, 1.54) is 0 Å². The summed E-state index contributed by atoms with van der Waals surface area (Å²) in [6.45, 7) is 0.665. The Morgan fingerprint density at radius 3 is 2.81 bits per heavy atom. The second kappa shape index (κ2) is 6.24. The smallest absolute Gasteiger partial charge is 0.122 e. The number of nitrogens with one attached hydrogen (secondary N) is 1. The molecule has 2 unspecified atom stereocenters. The van der Waals surface area contributed by atoms with E-state index in [2.05, 4.69) is 11.5 Å². The lowest BCUT2D eigenvalue weighted by molar-refractivity contribution is 0.246. The fraction of sp³-hybridized carbons (Fsp3) is 0.250. The van der Waals surface area contributed by atoms with Gasteiger partial charge in [-0.2, -0.15) is 0 Å². The van der Waals surface area contributed by atoms with E-state index >= 15 is 0 Å². The highest BCUT2D eigenvalue weighted by Crippen LogP contribution is 2.42. The van der Waals surface area contributed by atoms with Crippen molar-refractivity contribution < 1.29 is 4.74 Å². The number of rotatable bonds is 3. The second-order valence-electron chi connectivity index (χ2n) is 5.09. The molecule has 3 N–H and O–H groups in total. The average Bonchev–Trinajstić information content (AvgIpc) is 2.51. The van der Waals surface area contributed by atoms with Crippen LogP contribution in [-0.2, 0) is 0 Å². The van der Waals surface area contributed by atoms with E-state index in [1.807, 2.05) is 24.3 Å². The van der Waals surface area contributed by atoms with Crippen LogP contribution in [-0.4, -0.2) is 6.61 Å². The molecule has 0 saturated heterocycles. The van der Waals surface area contributed by atoms with Crippen molar-refractivity contribution in [2.24, 2.45) is 5.84 Å². The molecule has 21 heavy (non-hydrogen) atoms. The molecule has 0 saturated carbocycles. The van der Waals surface area contributed by atoms with Crippen LogP contribution in [0.1, 0.15) is 29.5 Å². The molecule has 0 aliphatic carbocycles. The number of benzene rings is 2. The van der Waals surface area contributed by atoms with Gasteiger partial charge in [0.25, 0.3) is 0 Å². The lowest BCUT2D eigenvalue weighted by Gasteiger charge is -2.32. The molecule has 1 aliphatic heterocycles. The Kier molecular flexibility index (Phi) is 4.36. The third kappa shape index (κ3) is 2.87. The van der Waals surface area contributed by atoms with Crippen molar-refractivity contribution in [2.75, 3.05) is 6.61 Å². The zero-order valence-electron chi connectivity index (χ0n) is 11.4. The molecule has 0 bridgehead atoms. The number of hydrazine groups is 1. The minimum atomic E-state index is -0.110. The molecule has 0 aromatic heterocycles. The van der Waals surface area contributed by atoms with Gasteiger partial charge < -0.3 is 4.74 Å². The Bertz CT molecular complexity index is 648. The van der Waals surface area contributed by atoms with Crippen LogP contribution in [0.2, 0.25) is 10.0 Å². The first-order chi connectivity index (χ1) is 10.2. The van der Waals surface area contributed by atoms with Crippen LogP contribution < -0.4 is 16.0 Å². The number of nitrogens with two attached hydrogens (primary N) is 1. The van der Waals surface area contributed by atoms with Crippen molar-refractivity contribution in [1.82, 2.24) is 5.43 Å². The highest BCUT2D eigenvalue weighted by molar-refractivity contribution is 6.33. The summed E-state index contributed by atoms with van der Waals surface area (Å²) in [4.78, 5) is 0. The Hall–Kier alpha value is -1.26. The first-order valence-electron chi connectivity index (χ1n) is 6.83. The molecular formula is C16H16Cl2N2O. The number of hydrogen-bond acceptors (Lipinski definition) is 3. The average molecular weight is 323 g/mol. The quantitative estimate of drug-likeness (QED) is 0.661. The summed E-state index contributed by atoms with van der Waals surface area (Å²) in [6, 6.07) is 13.4. The van der Waals surface area contributed by atoms with Gasteiger partial charge in [0.05, 0.1) is 12.6 Å². The molecule has 5 heteroatoms. The van der Waals surface area contributed by atoms with Crippen LogP contribution in [0.4, 0.5) is 0 Å². The number of fused-ring (bicyclic) bond motifs is 1. The molecule has 1 heterocycles. The standard InChI is InChI=1S/C16H16Cl2N2O/c17-10-5-6-14(18)13(9-10)16(20-19)12-7-8-21-15-4-2-1-3-11(12)15/h1-6,9,12,16,20H,7-8,19H2. The van der Waals surface area contributed by atoms with Gasteiger partial charge in [-0.25, -0.2) is 0 Å². The van der Waals surface area contributed by atoms with Crippen LogP contribution in [0.25, 0.3) is 0 Å². The van der Waals surface area contributed by atoms with Crippen molar-refractivity contribution in [3.8, 4) is 5.75 Å². The summed E-state index contributed by atoms with van der Waals surface area (Å²) in [6.07, 6.45) is 0.870. The van der Waals surface area contributed by atoms with Gasteiger partial charge >= 0.3 is 0 Å². The molecule has 1 aliphatic rings. The van der Waals surface area contributed by atoms with Gasteiger partial charge in [-0.15, -0.1) is 0 Å². The first-order valence-corrected chi connectivity index (χ1v) is 7.59. The van der Waals surface area contributed by atoms with Crippen molar-refractivity contribution in [2.45, 2.75) is 18.4 Å². The molecule has 3 rings (SSSR count). The number of para-hydroxylation sites is 1. The summed E-state index contributed by atoms with van der Waals surface area (Å²) in [5, 5.41) is 1.31. The number of hydrogen-bond donors (Lipinski definition) is 2. The highest BCUT2D eigenvalue weighted by atomic mass is 35.5. The van der Waals surface area contributed by atoms with E-state index in [0.717, 1.165) is 23.3 Å². The molecule has 0 radical (unpaired) electrons. The maximum Gasteiger partial charge on any atom is 0.122 e. The Balaban J connectivity index is 2.03. The molecule has 0 spiro atoms. The zero-order chi connectivity index (χ0) is 14.8. The molecule has 0 fully saturated rings. The van der Waals surface area contributed by atoms with Crippen LogP contribution in [0.5, 0.6) is 5.75 Å². The lowest BCUT2D eigenvalue weighted by Crippen LogP contribution is -2.35. The first kappa shape index (κ1) is 14.7. The Labute approximate surface area is 134 Å². The van der Waals surface area contributed by atoms with Gasteiger partial charge in [-0.05, 0) is 41.8 Å². The molecule has 3 nitrogen and oxygen atoms in total.